The molecule has 4 nitrogen and oxygen atoms in total. The summed E-state index contributed by atoms with van der Waals surface area (Å²) in [6.45, 7) is 4.92. The summed E-state index contributed by atoms with van der Waals surface area (Å²) in [5, 5.41) is 2.76. The maximum atomic E-state index is 11.8. The average Bonchev–Trinajstić information content (AvgIpc) is 2.29. The number of hydrogen-bond donors (Lipinski definition) is 1. The van der Waals surface area contributed by atoms with Gasteiger partial charge in [0, 0.05) is 19.2 Å². The fourth-order valence-corrected chi connectivity index (χ4v) is 1.73. The number of carbonyl (C=O) groups excluding carboxylic acids is 2. The number of hydrogen-bond acceptors (Lipinski definition) is 2. The number of nitrogens with one attached hydrogen (secondary N) is 1. The SMILES string of the molecule is CC=CC=CC(=O)N1CCNC(=O)C1CC. The van der Waals surface area contributed by atoms with Crippen LogP contribution in [-0.2, 0) is 9.59 Å². The summed E-state index contributed by atoms with van der Waals surface area (Å²) >= 11 is 0. The van der Waals surface area contributed by atoms with E-state index in [1.807, 2.05) is 19.9 Å². The van der Waals surface area contributed by atoms with Gasteiger partial charge in [-0.15, -0.1) is 0 Å². The molecule has 4 heteroatoms. The van der Waals surface area contributed by atoms with E-state index in [0.717, 1.165) is 0 Å². The van der Waals surface area contributed by atoms with Crippen molar-refractivity contribution in [1.29, 1.82) is 0 Å². The molecule has 1 N–H and O–H groups in total. The molecule has 0 saturated carbocycles. The smallest absolute Gasteiger partial charge is 0.247 e. The first-order valence-corrected chi connectivity index (χ1v) is 5.58. The highest BCUT2D eigenvalue weighted by Gasteiger charge is 2.30. The molecule has 0 aromatic heterocycles. The van der Waals surface area contributed by atoms with Crippen LogP contribution < -0.4 is 5.32 Å². The zero-order chi connectivity index (χ0) is 12.0. The largest absolute Gasteiger partial charge is 0.353 e. The van der Waals surface area contributed by atoms with Crippen molar-refractivity contribution in [2.45, 2.75) is 26.3 Å². The number of carbonyl (C=O) groups is 2. The van der Waals surface area contributed by atoms with Gasteiger partial charge in [-0.2, -0.15) is 0 Å². The Hall–Kier alpha value is -1.58. The normalized spacial score (nSPS) is 21.8. The molecule has 1 aliphatic rings. The number of nitrogens with zero attached hydrogens (tertiary/aromatic N) is 1. The molecule has 0 spiro atoms. The molecule has 0 aliphatic carbocycles. The summed E-state index contributed by atoms with van der Waals surface area (Å²) in [4.78, 5) is 25.0. The Bertz CT molecular complexity index is 321. The van der Waals surface area contributed by atoms with Crippen LogP contribution >= 0.6 is 0 Å². The lowest BCUT2D eigenvalue weighted by Crippen LogP contribution is -2.56. The van der Waals surface area contributed by atoms with Gasteiger partial charge in [0.2, 0.25) is 11.8 Å². The van der Waals surface area contributed by atoms with Gasteiger partial charge in [0.25, 0.3) is 0 Å². The predicted molar refractivity (Wildman–Crippen MR) is 62.8 cm³/mol. The average molecular weight is 222 g/mol. The van der Waals surface area contributed by atoms with Crippen molar-refractivity contribution in [3.8, 4) is 0 Å². The molecule has 0 aromatic carbocycles. The lowest BCUT2D eigenvalue weighted by atomic mass is 10.1. The molecule has 1 aliphatic heterocycles. The molecule has 1 unspecified atom stereocenters. The Balaban J connectivity index is 2.69. The molecule has 88 valence electrons. The number of rotatable bonds is 3. The number of allylic oxidation sites excluding steroid dienone is 3. The van der Waals surface area contributed by atoms with Crippen LogP contribution in [0.2, 0.25) is 0 Å². The Morgan fingerprint density at radius 3 is 2.94 bits per heavy atom. The predicted octanol–water partition coefficient (Wildman–Crippen LogP) is 0.856. The van der Waals surface area contributed by atoms with Crippen LogP contribution in [0.3, 0.4) is 0 Å². The van der Waals surface area contributed by atoms with E-state index in [4.69, 9.17) is 0 Å². The van der Waals surface area contributed by atoms with Gasteiger partial charge in [-0.1, -0.05) is 25.2 Å². The van der Waals surface area contributed by atoms with Gasteiger partial charge in [0.15, 0.2) is 0 Å². The lowest BCUT2D eigenvalue weighted by Gasteiger charge is -2.33. The van der Waals surface area contributed by atoms with Crippen molar-refractivity contribution < 1.29 is 9.59 Å². The van der Waals surface area contributed by atoms with E-state index < -0.39 is 0 Å². The van der Waals surface area contributed by atoms with Gasteiger partial charge in [-0.25, -0.2) is 0 Å². The van der Waals surface area contributed by atoms with E-state index in [2.05, 4.69) is 5.32 Å². The summed E-state index contributed by atoms with van der Waals surface area (Å²) in [5.74, 6) is -0.152. The molecule has 1 rings (SSSR count). The minimum atomic E-state index is -0.323. The van der Waals surface area contributed by atoms with Gasteiger partial charge in [0.1, 0.15) is 6.04 Å². The van der Waals surface area contributed by atoms with Crippen molar-refractivity contribution in [3.05, 3.63) is 24.3 Å². The quantitative estimate of drug-likeness (QED) is 0.568. The molecule has 2 amide bonds. The highest BCUT2D eigenvalue weighted by atomic mass is 16.2. The molecule has 1 saturated heterocycles. The number of amides is 2. The van der Waals surface area contributed by atoms with Crippen LogP contribution in [0, 0.1) is 0 Å². The molecule has 1 atom stereocenters. The molecule has 1 fully saturated rings. The van der Waals surface area contributed by atoms with Crippen molar-refractivity contribution >= 4 is 11.8 Å². The molecular weight excluding hydrogens is 204 g/mol. The summed E-state index contributed by atoms with van der Waals surface area (Å²) in [6, 6.07) is -0.323. The third-order valence-electron chi connectivity index (χ3n) is 2.54. The summed E-state index contributed by atoms with van der Waals surface area (Å²) in [7, 11) is 0. The molecule has 0 radical (unpaired) electrons. The van der Waals surface area contributed by atoms with Crippen LogP contribution in [0.4, 0.5) is 0 Å². The van der Waals surface area contributed by atoms with Gasteiger partial charge >= 0.3 is 0 Å². The van der Waals surface area contributed by atoms with Gasteiger partial charge in [-0.3, -0.25) is 9.59 Å². The van der Waals surface area contributed by atoms with Crippen LogP contribution in [0.15, 0.2) is 24.3 Å². The zero-order valence-corrected chi connectivity index (χ0v) is 9.77. The van der Waals surface area contributed by atoms with E-state index in [1.54, 1.807) is 17.1 Å². The van der Waals surface area contributed by atoms with Crippen molar-refractivity contribution in [2.24, 2.45) is 0 Å². The Kier molecular flexibility index (Phi) is 4.76. The second kappa shape index (κ2) is 6.10. The van der Waals surface area contributed by atoms with Gasteiger partial charge < -0.3 is 10.2 Å². The van der Waals surface area contributed by atoms with Gasteiger partial charge in [-0.05, 0) is 13.3 Å². The van der Waals surface area contributed by atoms with Gasteiger partial charge in [0.05, 0.1) is 0 Å². The second-order valence-electron chi connectivity index (χ2n) is 3.63. The summed E-state index contributed by atoms with van der Waals surface area (Å²) in [5.41, 5.74) is 0. The topological polar surface area (TPSA) is 49.4 Å². The third kappa shape index (κ3) is 2.95. The fraction of sp³-hybridized carbons (Fsp3) is 0.500. The first-order valence-electron chi connectivity index (χ1n) is 5.58. The monoisotopic (exact) mass is 222 g/mol. The highest BCUT2D eigenvalue weighted by molar-refractivity contribution is 5.93. The zero-order valence-electron chi connectivity index (χ0n) is 9.77. The summed E-state index contributed by atoms with van der Waals surface area (Å²) in [6.07, 6.45) is 7.49. The molecule has 0 bridgehead atoms. The van der Waals surface area contributed by atoms with Crippen molar-refractivity contribution in [2.75, 3.05) is 13.1 Å². The molecule has 0 aromatic rings. The summed E-state index contributed by atoms with van der Waals surface area (Å²) < 4.78 is 0. The Morgan fingerprint density at radius 1 is 1.56 bits per heavy atom. The Morgan fingerprint density at radius 2 is 2.31 bits per heavy atom. The minimum absolute atomic E-state index is 0.0541. The first kappa shape index (κ1) is 12.5. The molecular formula is C12H18N2O2. The van der Waals surface area contributed by atoms with Crippen molar-refractivity contribution in [1.82, 2.24) is 10.2 Å². The van der Waals surface area contributed by atoms with Crippen LogP contribution in [-0.4, -0.2) is 35.8 Å². The standard InChI is InChI=1S/C12H18N2O2/c1-3-5-6-7-11(15)14-9-8-13-12(16)10(14)4-2/h3,5-7,10H,4,8-9H2,1-2H3,(H,13,16). The van der Waals surface area contributed by atoms with Crippen molar-refractivity contribution in [3.63, 3.8) is 0 Å². The van der Waals surface area contributed by atoms with E-state index in [9.17, 15) is 9.59 Å². The van der Waals surface area contributed by atoms with Crippen LogP contribution in [0.1, 0.15) is 20.3 Å². The van der Waals surface area contributed by atoms with Crippen LogP contribution in [0.25, 0.3) is 0 Å². The second-order valence-corrected chi connectivity index (χ2v) is 3.63. The maximum absolute atomic E-state index is 11.8. The highest BCUT2D eigenvalue weighted by Crippen LogP contribution is 2.09. The number of piperazine rings is 1. The van der Waals surface area contributed by atoms with Crippen LogP contribution in [0.5, 0.6) is 0 Å². The Labute approximate surface area is 96.0 Å². The first-order chi connectivity index (χ1) is 7.70. The van der Waals surface area contributed by atoms with E-state index in [-0.39, 0.29) is 17.9 Å². The minimum Gasteiger partial charge on any atom is -0.353 e. The van der Waals surface area contributed by atoms with E-state index >= 15 is 0 Å². The lowest BCUT2D eigenvalue weighted by molar-refractivity contribution is -0.140. The maximum Gasteiger partial charge on any atom is 0.247 e. The fourth-order valence-electron chi connectivity index (χ4n) is 1.73. The third-order valence-corrected chi connectivity index (χ3v) is 2.54. The van der Waals surface area contributed by atoms with E-state index in [1.165, 1.54) is 6.08 Å². The molecule has 16 heavy (non-hydrogen) atoms. The molecule has 1 heterocycles. The van der Waals surface area contributed by atoms with E-state index in [0.29, 0.717) is 19.5 Å².